The molecule has 0 fully saturated rings. The molecule has 94 valence electrons. The number of fused-ring (bicyclic) bond motifs is 1. The van der Waals surface area contributed by atoms with E-state index in [0.29, 0.717) is 5.95 Å². The van der Waals surface area contributed by atoms with Crippen LogP contribution in [0.2, 0.25) is 0 Å². The van der Waals surface area contributed by atoms with Gasteiger partial charge in [0.05, 0.1) is 11.7 Å². The Balaban J connectivity index is 1.90. The fourth-order valence-electron chi connectivity index (χ4n) is 1.67. The van der Waals surface area contributed by atoms with Gasteiger partial charge in [0.15, 0.2) is 0 Å². The predicted molar refractivity (Wildman–Crippen MR) is 68.0 cm³/mol. The normalized spacial score (nSPS) is 10.5. The number of anilines is 1. The van der Waals surface area contributed by atoms with Crippen molar-refractivity contribution in [2.45, 2.75) is 0 Å². The predicted octanol–water partition coefficient (Wildman–Crippen LogP) is 0.670. The standard InChI is InChI=1S/C12H9N5O2/c18-10-5-4-9(15-16-10)11(19)14-12-13-7-8-3-1-2-6-17(8)12/h1-7H,(H,16,18)(H,13,14,19). The molecular formula is C12H9N5O2. The third-order valence-electron chi connectivity index (χ3n) is 2.58. The molecule has 3 heterocycles. The van der Waals surface area contributed by atoms with Gasteiger partial charge < -0.3 is 0 Å². The van der Waals surface area contributed by atoms with Crippen molar-refractivity contribution in [3.8, 4) is 0 Å². The van der Waals surface area contributed by atoms with E-state index in [9.17, 15) is 9.59 Å². The van der Waals surface area contributed by atoms with E-state index in [-0.39, 0.29) is 11.3 Å². The largest absolute Gasteiger partial charge is 0.290 e. The van der Waals surface area contributed by atoms with Gasteiger partial charge in [-0.15, -0.1) is 0 Å². The van der Waals surface area contributed by atoms with Gasteiger partial charge >= 0.3 is 0 Å². The van der Waals surface area contributed by atoms with Crippen LogP contribution in [-0.4, -0.2) is 25.5 Å². The fraction of sp³-hybridized carbons (Fsp3) is 0. The van der Waals surface area contributed by atoms with Crippen molar-refractivity contribution in [3.05, 3.63) is 58.8 Å². The lowest BCUT2D eigenvalue weighted by molar-refractivity contribution is 0.102. The third-order valence-corrected chi connectivity index (χ3v) is 2.58. The SMILES string of the molecule is O=C(Nc1ncc2ccccn12)c1ccc(=O)[nH]n1. The van der Waals surface area contributed by atoms with Crippen molar-refractivity contribution < 1.29 is 4.79 Å². The maximum Gasteiger partial charge on any atom is 0.278 e. The highest BCUT2D eigenvalue weighted by atomic mass is 16.2. The number of rotatable bonds is 2. The van der Waals surface area contributed by atoms with E-state index in [0.717, 1.165) is 5.52 Å². The van der Waals surface area contributed by atoms with Crippen molar-refractivity contribution in [3.63, 3.8) is 0 Å². The van der Waals surface area contributed by atoms with Crippen LogP contribution >= 0.6 is 0 Å². The van der Waals surface area contributed by atoms with Gasteiger partial charge in [0.25, 0.3) is 11.5 Å². The zero-order valence-electron chi connectivity index (χ0n) is 9.70. The molecule has 3 aromatic rings. The van der Waals surface area contributed by atoms with Gasteiger partial charge in [-0.25, -0.2) is 10.1 Å². The highest BCUT2D eigenvalue weighted by molar-refractivity contribution is 6.01. The van der Waals surface area contributed by atoms with E-state index in [4.69, 9.17) is 0 Å². The second-order valence-electron chi connectivity index (χ2n) is 3.84. The van der Waals surface area contributed by atoms with Crippen LogP contribution in [0.4, 0.5) is 5.95 Å². The summed E-state index contributed by atoms with van der Waals surface area (Å²) in [5, 5.41) is 8.49. The molecule has 0 aliphatic rings. The number of aromatic nitrogens is 4. The Morgan fingerprint density at radius 3 is 2.95 bits per heavy atom. The number of imidazole rings is 1. The minimum atomic E-state index is -0.437. The summed E-state index contributed by atoms with van der Waals surface area (Å²) in [7, 11) is 0. The van der Waals surface area contributed by atoms with Gasteiger partial charge in [0, 0.05) is 12.3 Å². The maximum absolute atomic E-state index is 11.9. The molecule has 0 spiro atoms. The van der Waals surface area contributed by atoms with Gasteiger partial charge in [0.1, 0.15) is 5.69 Å². The Bertz CT molecular complexity index is 784. The number of H-pyrrole nitrogens is 1. The van der Waals surface area contributed by atoms with Crippen LogP contribution < -0.4 is 10.9 Å². The van der Waals surface area contributed by atoms with Crippen LogP contribution in [0.25, 0.3) is 5.52 Å². The van der Waals surface area contributed by atoms with Crippen LogP contribution in [0.15, 0.2) is 47.5 Å². The van der Waals surface area contributed by atoms with Crippen molar-refractivity contribution in [1.82, 2.24) is 19.6 Å². The molecule has 3 rings (SSSR count). The highest BCUT2D eigenvalue weighted by Crippen LogP contribution is 2.10. The summed E-state index contributed by atoms with van der Waals surface area (Å²) in [4.78, 5) is 26.9. The number of pyridine rings is 1. The number of carbonyl (C=O) groups excluding carboxylic acids is 1. The Morgan fingerprint density at radius 2 is 2.16 bits per heavy atom. The van der Waals surface area contributed by atoms with Crippen molar-refractivity contribution >= 4 is 17.4 Å². The Kier molecular flexibility index (Phi) is 2.57. The van der Waals surface area contributed by atoms with Gasteiger partial charge in [-0.05, 0) is 18.2 Å². The van der Waals surface area contributed by atoms with Gasteiger partial charge in [-0.1, -0.05) is 6.07 Å². The van der Waals surface area contributed by atoms with Crippen LogP contribution in [-0.2, 0) is 0 Å². The summed E-state index contributed by atoms with van der Waals surface area (Å²) in [6.07, 6.45) is 3.44. The molecule has 0 bridgehead atoms. The molecule has 1 amide bonds. The number of carbonyl (C=O) groups is 1. The van der Waals surface area contributed by atoms with Crippen LogP contribution in [0.3, 0.4) is 0 Å². The zero-order valence-corrected chi connectivity index (χ0v) is 9.70. The molecule has 3 aromatic heterocycles. The molecule has 7 nitrogen and oxygen atoms in total. The first-order valence-electron chi connectivity index (χ1n) is 5.53. The van der Waals surface area contributed by atoms with Gasteiger partial charge in [-0.2, -0.15) is 5.10 Å². The molecular weight excluding hydrogens is 246 g/mol. The minimum Gasteiger partial charge on any atom is -0.290 e. The third kappa shape index (κ3) is 2.08. The van der Waals surface area contributed by atoms with Crippen LogP contribution in [0.5, 0.6) is 0 Å². The summed E-state index contributed by atoms with van der Waals surface area (Å²) in [5.74, 6) is -0.0406. The fourth-order valence-corrected chi connectivity index (χ4v) is 1.67. The Labute approximate surface area is 106 Å². The number of hydrogen-bond donors (Lipinski definition) is 2. The molecule has 2 N–H and O–H groups in total. The molecule has 0 saturated heterocycles. The lowest BCUT2D eigenvalue weighted by Gasteiger charge is -2.02. The lowest BCUT2D eigenvalue weighted by Crippen LogP contribution is -2.18. The number of nitrogens with one attached hydrogen (secondary N) is 2. The first kappa shape index (κ1) is 11.1. The first-order chi connectivity index (χ1) is 9.24. The second kappa shape index (κ2) is 4.37. The number of aromatic amines is 1. The summed E-state index contributed by atoms with van der Waals surface area (Å²) in [6, 6.07) is 8.19. The quantitative estimate of drug-likeness (QED) is 0.704. The molecule has 0 saturated carbocycles. The molecule has 0 aliphatic heterocycles. The van der Waals surface area contributed by atoms with Crippen LogP contribution in [0, 0.1) is 0 Å². The monoisotopic (exact) mass is 255 g/mol. The van der Waals surface area contributed by atoms with Gasteiger partial charge in [0.2, 0.25) is 5.95 Å². The molecule has 19 heavy (non-hydrogen) atoms. The van der Waals surface area contributed by atoms with E-state index < -0.39 is 5.91 Å². The van der Waals surface area contributed by atoms with E-state index in [2.05, 4.69) is 20.5 Å². The van der Waals surface area contributed by atoms with Crippen molar-refractivity contribution in [2.24, 2.45) is 0 Å². The maximum atomic E-state index is 11.9. The first-order valence-corrected chi connectivity index (χ1v) is 5.53. The lowest BCUT2D eigenvalue weighted by atomic mass is 10.4. The summed E-state index contributed by atoms with van der Waals surface area (Å²) in [5.41, 5.74) is 0.627. The van der Waals surface area contributed by atoms with Gasteiger partial charge in [-0.3, -0.25) is 19.3 Å². The molecule has 0 aromatic carbocycles. The molecule has 0 unspecified atom stereocenters. The molecule has 0 radical (unpaired) electrons. The molecule has 7 heteroatoms. The van der Waals surface area contributed by atoms with Crippen molar-refractivity contribution in [2.75, 3.05) is 5.32 Å². The molecule has 0 atom stereocenters. The minimum absolute atomic E-state index is 0.118. The average Bonchev–Trinajstić information content (AvgIpc) is 2.83. The van der Waals surface area contributed by atoms with E-state index in [1.54, 1.807) is 16.8 Å². The Hall–Kier alpha value is -2.96. The Morgan fingerprint density at radius 1 is 1.26 bits per heavy atom. The number of amides is 1. The van der Waals surface area contributed by atoms with Crippen molar-refractivity contribution in [1.29, 1.82) is 0 Å². The second-order valence-corrected chi connectivity index (χ2v) is 3.84. The van der Waals surface area contributed by atoms with E-state index in [1.807, 2.05) is 18.2 Å². The highest BCUT2D eigenvalue weighted by Gasteiger charge is 2.11. The van der Waals surface area contributed by atoms with E-state index >= 15 is 0 Å². The topological polar surface area (TPSA) is 92.2 Å². The smallest absolute Gasteiger partial charge is 0.278 e. The number of nitrogens with zero attached hydrogens (tertiary/aromatic N) is 3. The summed E-state index contributed by atoms with van der Waals surface area (Å²) >= 11 is 0. The summed E-state index contributed by atoms with van der Waals surface area (Å²) < 4.78 is 1.74. The summed E-state index contributed by atoms with van der Waals surface area (Å²) in [6.45, 7) is 0. The van der Waals surface area contributed by atoms with Crippen LogP contribution in [0.1, 0.15) is 10.5 Å². The molecule has 0 aliphatic carbocycles. The zero-order chi connectivity index (χ0) is 13.2. The number of hydrogen-bond acceptors (Lipinski definition) is 4. The average molecular weight is 255 g/mol. The van der Waals surface area contributed by atoms with E-state index in [1.165, 1.54) is 12.1 Å².